The van der Waals surface area contributed by atoms with Gasteiger partial charge in [-0.25, -0.2) is 4.79 Å². The van der Waals surface area contributed by atoms with Gasteiger partial charge in [0.1, 0.15) is 12.1 Å². The first-order chi connectivity index (χ1) is 13.1. The SMILES string of the molecule is CC(O)C(NC(=O)C(CCC(=O)O)NC(=O)C1CCCN1C(=O)CN)C(=O)O. The number of carbonyl (C=O) groups is 5. The van der Waals surface area contributed by atoms with Crippen LogP contribution < -0.4 is 16.4 Å². The molecule has 0 spiro atoms. The number of aliphatic hydroxyl groups is 1. The molecule has 7 N–H and O–H groups in total. The summed E-state index contributed by atoms with van der Waals surface area (Å²) in [5.74, 6) is -4.73. The van der Waals surface area contributed by atoms with Gasteiger partial charge in [0.15, 0.2) is 6.04 Å². The maximum absolute atomic E-state index is 12.6. The zero-order chi connectivity index (χ0) is 21.4. The molecule has 1 rings (SSSR count). The zero-order valence-electron chi connectivity index (χ0n) is 15.5. The van der Waals surface area contributed by atoms with E-state index in [0.717, 1.165) is 0 Å². The molecule has 1 heterocycles. The summed E-state index contributed by atoms with van der Waals surface area (Å²) in [4.78, 5) is 60.0. The zero-order valence-corrected chi connectivity index (χ0v) is 15.5. The summed E-state index contributed by atoms with van der Waals surface area (Å²) < 4.78 is 0. The van der Waals surface area contributed by atoms with Crippen molar-refractivity contribution in [1.82, 2.24) is 15.5 Å². The van der Waals surface area contributed by atoms with E-state index in [-0.39, 0.29) is 13.0 Å². The number of carboxylic acid groups (broad SMARTS) is 2. The van der Waals surface area contributed by atoms with Gasteiger partial charge in [0.25, 0.3) is 0 Å². The maximum Gasteiger partial charge on any atom is 0.328 e. The Labute approximate surface area is 161 Å². The number of hydrogen-bond acceptors (Lipinski definition) is 7. The highest BCUT2D eigenvalue weighted by molar-refractivity contribution is 5.94. The molecule has 28 heavy (non-hydrogen) atoms. The molecule has 158 valence electrons. The van der Waals surface area contributed by atoms with Gasteiger partial charge in [-0.3, -0.25) is 19.2 Å². The van der Waals surface area contributed by atoms with E-state index in [4.69, 9.17) is 15.9 Å². The number of amides is 3. The Morgan fingerprint density at radius 3 is 2.32 bits per heavy atom. The first kappa shape index (κ1) is 23.3. The summed E-state index contributed by atoms with van der Waals surface area (Å²) in [6.45, 7) is 1.23. The Morgan fingerprint density at radius 2 is 1.82 bits per heavy atom. The molecule has 1 fully saturated rings. The molecule has 3 amide bonds. The summed E-state index contributed by atoms with van der Waals surface area (Å²) >= 11 is 0. The number of carboxylic acids is 2. The summed E-state index contributed by atoms with van der Waals surface area (Å²) in [5.41, 5.74) is 5.32. The molecule has 1 saturated heterocycles. The van der Waals surface area contributed by atoms with Crippen molar-refractivity contribution in [1.29, 1.82) is 0 Å². The third-order valence-electron chi connectivity index (χ3n) is 4.38. The van der Waals surface area contributed by atoms with Crippen LogP contribution in [0.15, 0.2) is 0 Å². The summed E-state index contributed by atoms with van der Waals surface area (Å²) in [5, 5.41) is 31.8. The predicted octanol–water partition coefficient (Wildman–Crippen LogP) is -2.76. The Balaban J connectivity index is 2.89. The largest absolute Gasteiger partial charge is 0.481 e. The lowest BCUT2D eigenvalue weighted by molar-refractivity contribution is -0.146. The minimum atomic E-state index is -1.63. The topological polar surface area (TPSA) is 199 Å². The smallest absolute Gasteiger partial charge is 0.328 e. The molecule has 0 bridgehead atoms. The molecule has 12 heteroatoms. The molecular formula is C16H26N4O8. The molecule has 0 aromatic carbocycles. The van der Waals surface area contributed by atoms with Gasteiger partial charge in [0.05, 0.1) is 12.6 Å². The lowest BCUT2D eigenvalue weighted by Crippen LogP contribution is -2.57. The highest BCUT2D eigenvalue weighted by Crippen LogP contribution is 2.17. The summed E-state index contributed by atoms with van der Waals surface area (Å²) in [6.07, 6.45) is -1.24. The number of likely N-dealkylation sites (tertiary alicyclic amines) is 1. The average Bonchev–Trinajstić information content (AvgIpc) is 3.11. The van der Waals surface area contributed by atoms with Crippen LogP contribution in [0.1, 0.15) is 32.6 Å². The monoisotopic (exact) mass is 402 g/mol. The minimum absolute atomic E-state index is 0.276. The Kier molecular flexibility index (Phi) is 8.79. The predicted molar refractivity (Wildman–Crippen MR) is 93.8 cm³/mol. The van der Waals surface area contributed by atoms with Crippen LogP contribution in [-0.4, -0.2) is 87.2 Å². The Morgan fingerprint density at radius 1 is 1.18 bits per heavy atom. The van der Waals surface area contributed by atoms with E-state index < -0.39 is 60.3 Å². The van der Waals surface area contributed by atoms with E-state index in [1.165, 1.54) is 11.8 Å². The van der Waals surface area contributed by atoms with Crippen LogP contribution in [0.3, 0.4) is 0 Å². The fourth-order valence-corrected chi connectivity index (χ4v) is 2.90. The van der Waals surface area contributed by atoms with Crippen molar-refractivity contribution in [2.24, 2.45) is 5.73 Å². The van der Waals surface area contributed by atoms with E-state index in [2.05, 4.69) is 10.6 Å². The second kappa shape index (κ2) is 10.6. The highest BCUT2D eigenvalue weighted by atomic mass is 16.4. The minimum Gasteiger partial charge on any atom is -0.481 e. The first-order valence-electron chi connectivity index (χ1n) is 8.81. The van der Waals surface area contributed by atoms with Crippen LogP contribution in [0, 0.1) is 0 Å². The molecule has 1 aliphatic rings. The highest BCUT2D eigenvalue weighted by Gasteiger charge is 2.36. The normalized spacial score (nSPS) is 19.4. The van der Waals surface area contributed by atoms with Crippen LogP contribution in [0.25, 0.3) is 0 Å². The van der Waals surface area contributed by atoms with Crippen molar-refractivity contribution < 1.29 is 39.3 Å². The van der Waals surface area contributed by atoms with E-state index in [1.807, 2.05) is 0 Å². The van der Waals surface area contributed by atoms with Crippen LogP contribution in [-0.2, 0) is 24.0 Å². The van der Waals surface area contributed by atoms with E-state index in [9.17, 15) is 29.1 Å². The van der Waals surface area contributed by atoms with E-state index in [0.29, 0.717) is 19.4 Å². The van der Waals surface area contributed by atoms with Crippen molar-refractivity contribution in [2.75, 3.05) is 13.1 Å². The number of carbonyl (C=O) groups excluding carboxylic acids is 3. The van der Waals surface area contributed by atoms with Gasteiger partial charge < -0.3 is 36.6 Å². The van der Waals surface area contributed by atoms with Gasteiger partial charge in [-0.15, -0.1) is 0 Å². The number of nitrogens with zero attached hydrogens (tertiary/aromatic N) is 1. The van der Waals surface area contributed by atoms with Crippen LogP contribution in [0.4, 0.5) is 0 Å². The molecule has 0 aromatic rings. The fraction of sp³-hybridized carbons (Fsp3) is 0.688. The second-order valence-electron chi connectivity index (χ2n) is 6.51. The van der Waals surface area contributed by atoms with Crippen molar-refractivity contribution >= 4 is 29.7 Å². The lowest BCUT2D eigenvalue weighted by Gasteiger charge is -2.27. The van der Waals surface area contributed by atoms with E-state index in [1.54, 1.807) is 0 Å². The summed E-state index contributed by atoms with van der Waals surface area (Å²) in [6, 6.07) is -3.82. The Hall–Kier alpha value is -2.73. The van der Waals surface area contributed by atoms with E-state index >= 15 is 0 Å². The standard InChI is InChI=1S/C16H26N4O8/c1-8(21)13(16(27)28)19-14(25)9(4-5-12(23)24)18-15(26)10-3-2-6-20(10)11(22)7-17/h8-10,13,21H,2-7,17H2,1H3,(H,18,26)(H,19,25)(H,23,24)(H,27,28). The first-order valence-corrected chi connectivity index (χ1v) is 8.81. The number of nitrogens with two attached hydrogens (primary N) is 1. The molecule has 12 nitrogen and oxygen atoms in total. The molecule has 4 unspecified atom stereocenters. The maximum atomic E-state index is 12.6. The van der Waals surface area contributed by atoms with Crippen molar-refractivity contribution in [3.05, 3.63) is 0 Å². The number of rotatable bonds is 10. The molecule has 4 atom stereocenters. The molecule has 0 saturated carbocycles. The quantitative estimate of drug-likeness (QED) is 0.224. The Bertz CT molecular complexity index is 624. The fourth-order valence-electron chi connectivity index (χ4n) is 2.90. The van der Waals surface area contributed by atoms with Gasteiger partial charge in [0.2, 0.25) is 17.7 Å². The van der Waals surface area contributed by atoms with Crippen molar-refractivity contribution in [3.63, 3.8) is 0 Å². The number of nitrogens with one attached hydrogen (secondary N) is 2. The lowest BCUT2D eigenvalue weighted by atomic mass is 10.1. The number of aliphatic carboxylic acids is 2. The molecule has 0 aliphatic carbocycles. The van der Waals surface area contributed by atoms with Crippen molar-refractivity contribution in [3.8, 4) is 0 Å². The van der Waals surface area contributed by atoms with Crippen LogP contribution in [0.5, 0.6) is 0 Å². The van der Waals surface area contributed by atoms with Gasteiger partial charge in [-0.05, 0) is 26.2 Å². The van der Waals surface area contributed by atoms with Gasteiger partial charge in [-0.1, -0.05) is 0 Å². The second-order valence-corrected chi connectivity index (χ2v) is 6.51. The molecule has 1 aliphatic heterocycles. The summed E-state index contributed by atoms with van der Waals surface area (Å²) in [7, 11) is 0. The van der Waals surface area contributed by atoms with Crippen molar-refractivity contribution in [2.45, 2.75) is 56.8 Å². The number of aliphatic hydroxyl groups excluding tert-OH is 1. The van der Waals surface area contributed by atoms with Crippen LogP contribution in [0.2, 0.25) is 0 Å². The van der Waals surface area contributed by atoms with Crippen LogP contribution >= 0.6 is 0 Å². The molecule has 0 radical (unpaired) electrons. The third kappa shape index (κ3) is 6.46. The third-order valence-corrected chi connectivity index (χ3v) is 4.38. The number of hydrogen-bond donors (Lipinski definition) is 6. The molecular weight excluding hydrogens is 376 g/mol. The van der Waals surface area contributed by atoms with Gasteiger partial charge in [-0.2, -0.15) is 0 Å². The average molecular weight is 402 g/mol. The van der Waals surface area contributed by atoms with Gasteiger partial charge in [0, 0.05) is 13.0 Å². The molecule has 0 aromatic heterocycles. The van der Waals surface area contributed by atoms with Gasteiger partial charge >= 0.3 is 11.9 Å².